The lowest BCUT2D eigenvalue weighted by atomic mass is 10.1. The van der Waals surface area contributed by atoms with Crippen LogP contribution in [-0.4, -0.2) is 37.2 Å². The van der Waals surface area contributed by atoms with Crippen molar-refractivity contribution in [1.29, 1.82) is 0 Å². The van der Waals surface area contributed by atoms with Gasteiger partial charge in [0.25, 0.3) is 0 Å². The summed E-state index contributed by atoms with van der Waals surface area (Å²) in [6, 6.07) is 0. The molecule has 0 fully saturated rings. The molecule has 0 spiro atoms. The van der Waals surface area contributed by atoms with Crippen molar-refractivity contribution in [2.75, 3.05) is 13.2 Å². The third-order valence-electron chi connectivity index (χ3n) is 11.0. The lowest BCUT2D eigenvalue weighted by molar-refractivity contribution is -0.166. The standard InChI is InChI=1S/C65H100O6/c1-4-7-10-13-16-19-22-25-26-27-28-29-30-31-32-33-34-35-36-37-38-41-43-46-49-52-55-58-64(67)70-61-62(71-65(68)59-56-53-50-47-44-40-24-21-18-15-12-9-6-3)60-69-63(66)57-54-51-48-45-42-39-23-20-17-14-11-8-5-2/h7,9-10,12,16,18-21,23,25-26,28-29,31-32,34-35,37-38,40,43-44,46,50,53,62H,4-6,8,11,13-15,17,22,24,27,30,33,36,39,41-42,45,47-49,51-52,54-61H2,1-3H3/b10-7-,12-9-,19-16-,21-18-,23-20-,26-25-,29-28-,32-31-,35-34-,38-37-,44-40-,46-43-,53-50-. The van der Waals surface area contributed by atoms with E-state index in [4.69, 9.17) is 14.2 Å². The maximum absolute atomic E-state index is 12.8. The predicted octanol–water partition coefficient (Wildman–Crippen LogP) is 19.0. The molecule has 0 aliphatic carbocycles. The van der Waals surface area contributed by atoms with Crippen molar-refractivity contribution in [2.24, 2.45) is 0 Å². The molecule has 0 saturated heterocycles. The van der Waals surface area contributed by atoms with Gasteiger partial charge in [-0.3, -0.25) is 14.4 Å². The van der Waals surface area contributed by atoms with Gasteiger partial charge in [-0.1, -0.05) is 217 Å². The minimum absolute atomic E-state index is 0.132. The summed E-state index contributed by atoms with van der Waals surface area (Å²) < 4.78 is 16.7. The van der Waals surface area contributed by atoms with Crippen LogP contribution in [0.4, 0.5) is 0 Å². The second kappa shape index (κ2) is 57.6. The summed E-state index contributed by atoms with van der Waals surface area (Å²) in [7, 11) is 0. The van der Waals surface area contributed by atoms with Crippen LogP contribution in [0.15, 0.2) is 158 Å². The number of hydrogen-bond donors (Lipinski definition) is 0. The van der Waals surface area contributed by atoms with Crippen LogP contribution in [0.2, 0.25) is 0 Å². The highest BCUT2D eigenvalue weighted by atomic mass is 16.6. The van der Waals surface area contributed by atoms with Gasteiger partial charge in [0.2, 0.25) is 0 Å². The molecule has 6 heteroatoms. The van der Waals surface area contributed by atoms with E-state index in [1.165, 1.54) is 38.5 Å². The number of esters is 3. The summed E-state index contributed by atoms with van der Waals surface area (Å²) in [4.78, 5) is 38.0. The SMILES string of the molecule is CC/C=C\C/C=C\C/C=C\C/C=C\C/C=C\C/C=C\C/C=C\C/C=C\CCCCC(=O)OCC(COC(=O)CCCCCCC/C=C\CCCCCC)OC(=O)CC/C=C\C/C=C\C/C=C\C/C=C\CC. The average Bonchev–Trinajstić information content (AvgIpc) is 3.37. The van der Waals surface area contributed by atoms with Crippen molar-refractivity contribution < 1.29 is 28.6 Å². The molecule has 0 aromatic carbocycles. The fourth-order valence-corrected chi connectivity index (χ4v) is 6.88. The van der Waals surface area contributed by atoms with Gasteiger partial charge < -0.3 is 14.2 Å². The molecule has 0 heterocycles. The van der Waals surface area contributed by atoms with E-state index in [0.29, 0.717) is 19.3 Å². The summed E-state index contributed by atoms with van der Waals surface area (Å²) in [5, 5.41) is 0. The summed E-state index contributed by atoms with van der Waals surface area (Å²) in [6.07, 6.45) is 84.0. The lowest BCUT2D eigenvalue weighted by Gasteiger charge is -2.18. The monoisotopic (exact) mass is 977 g/mol. The van der Waals surface area contributed by atoms with Crippen molar-refractivity contribution in [3.63, 3.8) is 0 Å². The Morgan fingerprint density at radius 1 is 0.296 bits per heavy atom. The molecule has 396 valence electrons. The van der Waals surface area contributed by atoms with Crippen molar-refractivity contribution in [3.05, 3.63) is 158 Å². The number of ether oxygens (including phenoxy) is 3. The van der Waals surface area contributed by atoms with E-state index in [-0.39, 0.29) is 38.0 Å². The quantitative estimate of drug-likeness (QED) is 0.0262. The number of carbonyl (C=O) groups is 3. The number of allylic oxidation sites excluding steroid dienone is 26. The van der Waals surface area contributed by atoms with E-state index in [1.807, 2.05) is 12.2 Å². The van der Waals surface area contributed by atoms with Gasteiger partial charge in [-0.25, -0.2) is 0 Å². The molecule has 0 aliphatic rings. The number of unbranched alkanes of at least 4 members (excludes halogenated alkanes) is 11. The Morgan fingerprint density at radius 2 is 0.577 bits per heavy atom. The largest absolute Gasteiger partial charge is 0.462 e. The van der Waals surface area contributed by atoms with Crippen LogP contribution in [0.25, 0.3) is 0 Å². The van der Waals surface area contributed by atoms with E-state index >= 15 is 0 Å². The topological polar surface area (TPSA) is 78.9 Å². The fourth-order valence-electron chi connectivity index (χ4n) is 6.88. The van der Waals surface area contributed by atoms with Crippen LogP contribution in [0.3, 0.4) is 0 Å². The zero-order chi connectivity index (χ0) is 51.4. The molecule has 1 unspecified atom stereocenters. The Hall–Kier alpha value is -4.97. The minimum Gasteiger partial charge on any atom is -0.462 e. The van der Waals surface area contributed by atoms with Gasteiger partial charge in [0, 0.05) is 19.3 Å². The maximum Gasteiger partial charge on any atom is 0.306 e. The van der Waals surface area contributed by atoms with E-state index < -0.39 is 12.1 Å². The molecule has 1 atom stereocenters. The van der Waals surface area contributed by atoms with Crippen LogP contribution in [-0.2, 0) is 28.6 Å². The summed E-state index contributed by atoms with van der Waals surface area (Å²) in [5.41, 5.74) is 0. The minimum atomic E-state index is -0.845. The number of hydrogen-bond acceptors (Lipinski definition) is 6. The Kier molecular flexibility index (Phi) is 53.6. The number of carbonyl (C=O) groups excluding carboxylic acids is 3. The molecule has 0 amide bonds. The second-order valence-electron chi connectivity index (χ2n) is 17.7. The molecule has 0 N–H and O–H groups in total. The van der Waals surface area contributed by atoms with Crippen molar-refractivity contribution in [3.8, 4) is 0 Å². The van der Waals surface area contributed by atoms with Crippen molar-refractivity contribution in [1.82, 2.24) is 0 Å². The first-order valence-corrected chi connectivity index (χ1v) is 28.0. The number of rotatable bonds is 48. The zero-order valence-corrected chi connectivity index (χ0v) is 45.2. The van der Waals surface area contributed by atoms with Gasteiger partial charge >= 0.3 is 17.9 Å². The van der Waals surface area contributed by atoms with Crippen LogP contribution in [0, 0.1) is 0 Å². The van der Waals surface area contributed by atoms with E-state index in [9.17, 15) is 14.4 Å². The predicted molar refractivity (Wildman–Crippen MR) is 306 cm³/mol. The molecule has 71 heavy (non-hydrogen) atoms. The summed E-state index contributed by atoms with van der Waals surface area (Å²) >= 11 is 0. The van der Waals surface area contributed by atoms with Crippen LogP contribution in [0.5, 0.6) is 0 Å². The van der Waals surface area contributed by atoms with Gasteiger partial charge in [-0.15, -0.1) is 0 Å². The fraction of sp³-hybridized carbons (Fsp3) is 0.554. The van der Waals surface area contributed by atoms with E-state index in [0.717, 1.165) is 122 Å². The molecular formula is C65H100O6. The highest BCUT2D eigenvalue weighted by molar-refractivity contribution is 5.71. The molecule has 0 rings (SSSR count). The molecule has 0 saturated carbocycles. The smallest absolute Gasteiger partial charge is 0.306 e. The Balaban J connectivity index is 4.49. The lowest BCUT2D eigenvalue weighted by Crippen LogP contribution is -2.30. The second-order valence-corrected chi connectivity index (χ2v) is 17.7. The normalized spacial score (nSPS) is 13.3. The molecule has 6 nitrogen and oxygen atoms in total. The molecular weight excluding hydrogens is 877 g/mol. The maximum atomic E-state index is 12.8. The van der Waals surface area contributed by atoms with Crippen LogP contribution in [0.1, 0.15) is 213 Å². The Labute approximate surface area is 435 Å². The average molecular weight is 978 g/mol. The van der Waals surface area contributed by atoms with Gasteiger partial charge in [0.1, 0.15) is 13.2 Å². The molecule has 0 radical (unpaired) electrons. The highest BCUT2D eigenvalue weighted by Gasteiger charge is 2.19. The summed E-state index contributed by atoms with van der Waals surface area (Å²) in [6.45, 7) is 6.26. The molecule has 0 aliphatic heterocycles. The zero-order valence-electron chi connectivity index (χ0n) is 45.2. The first kappa shape index (κ1) is 66.0. The van der Waals surface area contributed by atoms with Gasteiger partial charge in [0.05, 0.1) is 0 Å². The van der Waals surface area contributed by atoms with Crippen LogP contribution < -0.4 is 0 Å². The highest BCUT2D eigenvalue weighted by Crippen LogP contribution is 2.11. The third kappa shape index (κ3) is 55.8. The molecule has 0 aromatic rings. The Bertz CT molecular complexity index is 1640. The van der Waals surface area contributed by atoms with Gasteiger partial charge in [0.15, 0.2) is 6.10 Å². The van der Waals surface area contributed by atoms with Crippen molar-refractivity contribution in [2.45, 2.75) is 219 Å². The van der Waals surface area contributed by atoms with E-state index in [2.05, 4.69) is 167 Å². The van der Waals surface area contributed by atoms with Crippen LogP contribution >= 0.6 is 0 Å². The first-order chi connectivity index (χ1) is 35.0. The summed E-state index contributed by atoms with van der Waals surface area (Å²) in [5.74, 6) is -1.08. The van der Waals surface area contributed by atoms with Gasteiger partial charge in [-0.05, 0) is 135 Å². The van der Waals surface area contributed by atoms with E-state index in [1.54, 1.807) is 0 Å². The molecule has 0 aromatic heterocycles. The van der Waals surface area contributed by atoms with Gasteiger partial charge in [-0.2, -0.15) is 0 Å². The Morgan fingerprint density at radius 3 is 0.958 bits per heavy atom. The molecule has 0 bridgehead atoms. The van der Waals surface area contributed by atoms with Crippen molar-refractivity contribution >= 4 is 17.9 Å². The first-order valence-electron chi connectivity index (χ1n) is 28.0. The third-order valence-corrected chi connectivity index (χ3v) is 11.0.